The standard InChI is InChI=1S/C14H11BrN2OS/c15-10-4-2-1-3-9(10)7-18-11-5-6-12-14(13(11)16)17-8-19-12/h1-6,8H,7,16H2. The van der Waals surface area contributed by atoms with Crippen molar-refractivity contribution in [2.24, 2.45) is 0 Å². The van der Waals surface area contributed by atoms with E-state index in [1.807, 2.05) is 36.4 Å². The Bertz CT molecular complexity index is 726. The van der Waals surface area contributed by atoms with Gasteiger partial charge < -0.3 is 10.5 Å². The average molecular weight is 335 g/mol. The van der Waals surface area contributed by atoms with Crippen molar-refractivity contribution < 1.29 is 4.74 Å². The Morgan fingerprint density at radius 2 is 2.05 bits per heavy atom. The van der Waals surface area contributed by atoms with Gasteiger partial charge in [-0.1, -0.05) is 34.1 Å². The maximum atomic E-state index is 6.07. The van der Waals surface area contributed by atoms with Crippen molar-refractivity contribution in [3.05, 3.63) is 51.9 Å². The number of hydrogen-bond acceptors (Lipinski definition) is 4. The van der Waals surface area contributed by atoms with Crippen LogP contribution in [0.4, 0.5) is 5.69 Å². The van der Waals surface area contributed by atoms with Crippen molar-refractivity contribution in [2.75, 3.05) is 5.73 Å². The summed E-state index contributed by atoms with van der Waals surface area (Å²) in [7, 11) is 0. The molecule has 0 bridgehead atoms. The van der Waals surface area contributed by atoms with Crippen molar-refractivity contribution in [3.8, 4) is 5.75 Å². The van der Waals surface area contributed by atoms with Crippen LogP contribution in [0.5, 0.6) is 5.75 Å². The van der Waals surface area contributed by atoms with E-state index in [-0.39, 0.29) is 0 Å². The van der Waals surface area contributed by atoms with Gasteiger partial charge in [0.15, 0.2) is 0 Å². The van der Waals surface area contributed by atoms with E-state index in [2.05, 4.69) is 20.9 Å². The first-order valence-corrected chi connectivity index (χ1v) is 7.41. The van der Waals surface area contributed by atoms with Crippen LogP contribution in [0.15, 0.2) is 46.4 Å². The number of rotatable bonds is 3. The van der Waals surface area contributed by atoms with Gasteiger partial charge in [0.25, 0.3) is 0 Å². The molecule has 0 radical (unpaired) electrons. The number of ether oxygens (including phenoxy) is 1. The zero-order chi connectivity index (χ0) is 13.2. The summed E-state index contributed by atoms with van der Waals surface area (Å²) in [6.45, 7) is 0.473. The molecule has 0 fully saturated rings. The van der Waals surface area contributed by atoms with Gasteiger partial charge in [-0.3, -0.25) is 0 Å². The van der Waals surface area contributed by atoms with Gasteiger partial charge in [0.1, 0.15) is 23.6 Å². The minimum Gasteiger partial charge on any atom is -0.487 e. The highest BCUT2D eigenvalue weighted by Gasteiger charge is 2.08. The average Bonchev–Trinajstić information content (AvgIpc) is 2.89. The Balaban J connectivity index is 1.86. The van der Waals surface area contributed by atoms with Gasteiger partial charge >= 0.3 is 0 Å². The minimum absolute atomic E-state index is 0.473. The van der Waals surface area contributed by atoms with Crippen LogP contribution in [0.25, 0.3) is 10.2 Å². The monoisotopic (exact) mass is 334 g/mol. The second-order valence-electron chi connectivity index (χ2n) is 4.06. The van der Waals surface area contributed by atoms with E-state index in [9.17, 15) is 0 Å². The van der Waals surface area contributed by atoms with Crippen molar-refractivity contribution >= 4 is 43.2 Å². The minimum atomic E-state index is 0.473. The molecular formula is C14H11BrN2OS. The van der Waals surface area contributed by atoms with E-state index >= 15 is 0 Å². The van der Waals surface area contributed by atoms with Gasteiger partial charge in [0, 0.05) is 10.0 Å². The van der Waals surface area contributed by atoms with Crippen molar-refractivity contribution in [1.82, 2.24) is 4.98 Å². The lowest BCUT2D eigenvalue weighted by atomic mass is 10.2. The Labute approximate surface area is 123 Å². The quantitative estimate of drug-likeness (QED) is 0.729. The Kier molecular flexibility index (Phi) is 3.40. The highest BCUT2D eigenvalue weighted by molar-refractivity contribution is 9.10. The van der Waals surface area contributed by atoms with E-state index in [0.717, 1.165) is 20.3 Å². The molecule has 2 aromatic carbocycles. The Hall–Kier alpha value is -1.59. The van der Waals surface area contributed by atoms with E-state index in [4.69, 9.17) is 10.5 Å². The van der Waals surface area contributed by atoms with Crippen LogP contribution >= 0.6 is 27.3 Å². The molecule has 0 aliphatic rings. The van der Waals surface area contributed by atoms with Crippen LogP contribution in [-0.2, 0) is 6.61 Å². The lowest BCUT2D eigenvalue weighted by molar-refractivity contribution is 0.307. The molecule has 0 amide bonds. The van der Waals surface area contributed by atoms with Crippen LogP contribution < -0.4 is 10.5 Å². The molecule has 3 nitrogen and oxygen atoms in total. The molecule has 0 atom stereocenters. The molecule has 1 heterocycles. The SMILES string of the molecule is Nc1c(OCc2ccccc2Br)ccc2scnc12. The molecule has 2 N–H and O–H groups in total. The molecule has 0 saturated heterocycles. The summed E-state index contributed by atoms with van der Waals surface area (Å²) in [5, 5.41) is 0. The number of fused-ring (bicyclic) bond motifs is 1. The third-order valence-corrected chi connectivity index (χ3v) is 4.41. The number of aromatic nitrogens is 1. The molecule has 5 heteroatoms. The lowest BCUT2D eigenvalue weighted by Gasteiger charge is -2.10. The Morgan fingerprint density at radius 1 is 1.21 bits per heavy atom. The molecule has 0 saturated carbocycles. The zero-order valence-corrected chi connectivity index (χ0v) is 12.4. The lowest BCUT2D eigenvalue weighted by Crippen LogP contribution is -1.99. The van der Waals surface area contributed by atoms with Crippen LogP contribution in [-0.4, -0.2) is 4.98 Å². The number of halogens is 1. The second-order valence-corrected chi connectivity index (χ2v) is 5.80. The fraction of sp³-hybridized carbons (Fsp3) is 0.0714. The maximum Gasteiger partial charge on any atom is 0.145 e. The fourth-order valence-electron chi connectivity index (χ4n) is 1.83. The second kappa shape index (κ2) is 5.19. The first-order chi connectivity index (χ1) is 9.25. The summed E-state index contributed by atoms with van der Waals surface area (Å²) >= 11 is 5.07. The van der Waals surface area contributed by atoms with Crippen molar-refractivity contribution in [1.29, 1.82) is 0 Å². The smallest absolute Gasteiger partial charge is 0.145 e. The summed E-state index contributed by atoms with van der Waals surface area (Å²) in [6.07, 6.45) is 0. The van der Waals surface area contributed by atoms with Gasteiger partial charge in [-0.15, -0.1) is 11.3 Å². The third-order valence-electron chi connectivity index (χ3n) is 2.84. The number of nitrogen functional groups attached to an aromatic ring is 1. The number of benzene rings is 2. The topological polar surface area (TPSA) is 48.1 Å². The van der Waals surface area contributed by atoms with Gasteiger partial charge in [-0.25, -0.2) is 4.98 Å². The maximum absolute atomic E-state index is 6.07. The molecule has 0 aliphatic heterocycles. The summed E-state index contributed by atoms with van der Waals surface area (Å²) in [5.41, 5.74) is 10.4. The van der Waals surface area contributed by atoms with E-state index in [1.54, 1.807) is 16.8 Å². The third kappa shape index (κ3) is 2.43. The number of nitrogens with two attached hydrogens (primary N) is 1. The molecule has 96 valence electrons. The summed E-state index contributed by atoms with van der Waals surface area (Å²) < 4.78 is 7.90. The number of nitrogens with zero attached hydrogens (tertiary/aromatic N) is 1. The predicted octanol–water partition coefficient (Wildman–Crippen LogP) is 4.22. The van der Waals surface area contributed by atoms with Crippen LogP contribution in [0.3, 0.4) is 0 Å². The van der Waals surface area contributed by atoms with Crippen LogP contribution in [0.2, 0.25) is 0 Å². The summed E-state index contributed by atoms with van der Waals surface area (Å²) in [4.78, 5) is 4.26. The highest BCUT2D eigenvalue weighted by atomic mass is 79.9. The molecule has 1 aromatic heterocycles. The molecule has 19 heavy (non-hydrogen) atoms. The van der Waals surface area contributed by atoms with Crippen LogP contribution in [0.1, 0.15) is 5.56 Å². The molecule has 0 spiro atoms. The first-order valence-electron chi connectivity index (χ1n) is 5.73. The normalized spacial score (nSPS) is 10.8. The van der Waals surface area contributed by atoms with Gasteiger partial charge in [0.05, 0.1) is 10.2 Å². The van der Waals surface area contributed by atoms with Gasteiger partial charge in [-0.2, -0.15) is 0 Å². The van der Waals surface area contributed by atoms with Crippen molar-refractivity contribution in [2.45, 2.75) is 6.61 Å². The number of thiazole rings is 1. The molecule has 3 rings (SSSR count). The first kappa shape index (κ1) is 12.4. The molecular weight excluding hydrogens is 324 g/mol. The zero-order valence-electron chi connectivity index (χ0n) is 9.97. The summed E-state index contributed by atoms with van der Waals surface area (Å²) in [6, 6.07) is 11.8. The number of hydrogen-bond donors (Lipinski definition) is 1. The largest absolute Gasteiger partial charge is 0.487 e. The predicted molar refractivity (Wildman–Crippen MR) is 82.5 cm³/mol. The molecule has 0 aliphatic carbocycles. The van der Waals surface area contributed by atoms with E-state index in [0.29, 0.717) is 18.0 Å². The fourth-order valence-corrected chi connectivity index (χ4v) is 2.92. The van der Waals surface area contributed by atoms with E-state index < -0.39 is 0 Å². The van der Waals surface area contributed by atoms with Crippen LogP contribution in [0, 0.1) is 0 Å². The Morgan fingerprint density at radius 3 is 2.89 bits per heavy atom. The molecule has 0 unspecified atom stereocenters. The van der Waals surface area contributed by atoms with E-state index in [1.165, 1.54) is 0 Å². The van der Waals surface area contributed by atoms with Gasteiger partial charge in [-0.05, 0) is 18.2 Å². The summed E-state index contributed by atoms with van der Waals surface area (Å²) in [5.74, 6) is 0.675. The number of anilines is 1. The van der Waals surface area contributed by atoms with Gasteiger partial charge in [0.2, 0.25) is 0 Å². The van der Waals surface area contributed by atoms with Crippen molar-refractivity contribution in [3.63, 3.8) is 0 Å². The highest BCUT2D eigenvalue weighted by Crippen LogP contribution is 2.32. The molecule has 3 aromatic rings.